The van der Waals surface area contributed by atoms with E-state index in [0.717, 1.165) is 5.56 Å². The van der Waals surface area contributed by atoms with Crippen LogP contribution in [-0.4, -0.2) is 35.7 Å². The Bertz CT molecular complexity index is 745. The Labute approximate surface area is 139 Å². The number of benzene rings is 1. The molecular weight excluding hydrogens is 310 g/mol. The highest BCUT2D eigenvalue weighted by molar-refractivity contribution is 5.48. The van der Waals surface area contributed by atoms with Gasteiger partial charge in [0, 0.05) is 6.20 Å². The van der Waals surface area contributed by atoms with E-state index in [0.29, 0.717) is 6.61 Å². The van der Waals surface area contributed by atoms with Crippen LogP contribution in [0.15, 0.2) is 53.5 Å². The number of nitrogens with zero attached hydrogens (tertiary/aromatic N) is 2. The molecule has 24 heavy (non-hydrogen) atoms. The van der Waals surface area contributed by atoms with Gasteiger partial charge < -0.3 is 19.9 Å². The van der Waals surface area contributed by atoms with Gasteiger partial charge in [-0.3, -0.25) is 4.57 Å². The van der Waals surface area contributed by atoms with Crippen LogP contribution in [0.3, 0.4) is 0 Å². The molecule has 0 bridgehead atoms. The van der Waals surface area contributed by atoms with Crippen molar-refractivity contribution < 1.29 is 14.2 Å². The number of rotatable bonds is 6. The van der Waals surface area contributed by atoms with Crippen molar-refractivity contribution in [2.24, 2.45) is 0 Å². The number of aromatic nitrogens is 2. The van der Waals surface area contributed by atoms with Crippen LogP contribution in [0, 0.1) is 0 Å². The van der Waals surface area contributed by atoms with E-state index in [4.69, 9.17) is 19.9 Å². The summed E-state index contributed by atoms with van der Waals surface area (Å²) < 4.78 is 18.0. The van der Waals surface area contributed by atoms with Crippen molar-refractivity contribution in [2.75, 3.05) is 25.6 Å². The first-order valence-electron chi connectivity index (χ1n) is 7.63. The van der Waals surface area contributed by atoms with Crippen LogP contribution in [0.4, 0.5) is 5.82 Å². The summed E-state index contributed by atoms with van der Waals surface area (Å²) in [7, 11) is 0. The van der Waals surface area contributed by atoms with E-state index >= 15 is 0 Å². The number of ether oxygens (including phenoxy) is 3. The molecule has 0 aliphatic carbocycles. The standard InChI is InChI=1S/C17H19N3O4/c18-14-8-9-20(17(21)19-14)15-11-23-16(24-15)12-22-10-4-7-13-5-2-1-3-6-13/h1-9,15-16H,10-12H2,(H2,18,19,21). The van der Waals surface area contributed by atoms with Gasteiger partial charge in [-0.15, -0.1) is 0 Å². The Morgan fingerprint density at radius 3 is 2.96 bits per heavy atom. The Morgan fingerprint density at radius 2 is 2.17 bits per heavy atom. The SMILES string of the molecule is Nc1ccn(C2COC(COCC=Cc3ccccc3)O2)c(=O)n1. The zero-order chi connectivity index (χ0) is 16.8. The maximum Gasteiger partial charge on any atom is 0.351 e. The molecule has 0 radical (unpaired) electrons. The molecule has 0 saturated carbocycles. The van der Waals surface area contributed by atoms with Crippen molar-refractivity contribution in [3.63, 3.8) is 0 Å². The van der Waals surface area contributed by atoms with Gasteiger partial charge in [-0.05, 0) is 11.6 Å². The third-order valence-corrected chi connectivity index (χ3v) is 3.47. The molecule has 1 aromatic heterocycles. The van der Waals surface area contributed by atoms with Gasteiger partial charge in [0.2, 0.25) is 0 Å². The molecule has 126 valence electrons. The molecule has 3 rings (SSSR count). The topological polar surface area (TPSA) is 88.6 Å². The quantitative estimate of drug-likeness (QED) is 0.807. The lowest BCUT2D eigenvalue weighted by molar-refractivity contribution is -0.111. The Hall–Kier alpha value is -2.48. The summed E-state index contributed by atoms with van der Waals surface area (Å²) in [5.41, 5.74) is 6.12. The van der Waals surface area contributed by atoms with Crippen molar-refractivity contribution in [2.45, 2.75) is 12.5 Å². The third-order valence-electron chi connectivity index (χ3n) is 3.47. The minimum absolute atomic E-state index is 0.181. The predicted octanol–water partition coefficient (Wildman–Crippen LogP) is 1.43. The second-order valence-electron chi connectivity index (χ2n) is 5.25. The van der Waals surface area contributed by atoms with Crippen LogP contribution in [0.2, 0.25) is 0 Å². The van der Waals surface area contributed by atoms with Crippen LogP contribution in [0.5, 0.6) is 0 Å². The molecule has 1 saturated heterocycles. The number of hydrogen-bond acceptors (Lipinski definition) is 6. The first-order chi connectivity index (χ1) is 11.7. The van der Waals surface area contributed by atoms with Crippen LogP contribution >= 0.6 is 0 Å². The molecule has 2 atom stereocenters. The first-order valence-corrected chi connectivity index (χ1v) is 7.63. The molecule has 2 aromatic rings. The maximum atomic E-state index is 11.8. The molecule has 1 aliphatic heterocycles. The van der Waals surface area contributed by atoms with E-state index < -0.39 is 18.2 Å². The lowest BCUT2D eigenvalue weighted by Crippen LogP contribution is -2.28. The lowest BCUT2D eigenvalue weighted by atomic mass is 10.2. The van der Waals surface area contributed by atoms with Gasteiger partial charge in [0.1, 0.15) is 5.82 Å². The molecule has 7 nitrogen and oxygen atoms in total. The van der Waals surface area contributed by atoms with Crippen molar-refractivity contribution in [1.29, 1.82) is 0 Å². The second-order valence-corrected chi connectivity index (χ2v) is 5.25. The van der Waals surface area contributed by atoms with Crippen LogP contribution < -0.4 is 11.4 Å². The van der Waals surface area contributed by atoms with Crippen LogP contribution in [0.1, 0.15) is 11.8 Å². The summed E-state index contributed by atoms with van der Waals surface area (Å²) in [4.78, 5) is 15.4. The van der Waals surface area contributed by atoms with E-state index in [9.17, 15) is 4.79 Å². The number of nitrogens with two attached hydrogens (primary N) is 1. The van der Waals surface area contributed by atoms with Gasteiger partial charge in [0.15, 0.2) is 12.5 Å². The molecule has 0 amide bonds. The number of nitrogen functional groups attached to an aromatic ring is 1. The zero-order valence-electron chi connectivity index (χ0n) is 13.1. The first kappa shape index (κ1) is 16.4. The van der Waals surface area contributed by atoms with Crippen molar-refractivity contribution in [3.8, 4) is 0 Å². The average Bonchev–Trinajstić information content (AvgIpc) is 3.04. The predicted molar refractivity (Wildman–Crippen MR) is 89.1 cm³/mol. The minimum atomic E-state index is -0.515. The van der Waals surface area contributed by atoms with Gasteiger partial charge in [0.05, 0.1) is 19.8 Å². The monoisotopic (exact) mass is 329 g/mol. The van der Waals surface area contributed by atoms with Gasteiger partial charge in [-0.1, -0.05) is 42.5 Å². The highest BCUT2D eigenvalue weighted by Crippen LogP contribution is 2.19. The number of hydrogen-bond donors (Lipinski definition) is 1. The molecule has 0 spiro atoms. The van der Waals surface area contributed by atoms with E-state index in [1.807, 2.05) is 42.5 Å². The molecular formula is C17H19N3O4. The Balaban J connectivity index is 1.43. The van der Waals surface area contributed by atoms with Gasteiger partial charge in [-0.25, -0.2) is 4.79 Å². The van der Waals surface area contributed by atoms with Crippen molar-refractivity contribution in [3.05, 3.63) is 64.7 Å². The second kappa shape index (κ2) is 7.87. The summed E-state index contributed by atoms with van der Waals surface area (Å²) >= 11 is 0. The maximum absolute atomic E-state index is 11.8. The highest BCUT2D eigenvalue weighted by atomic mass is 16.7. The van der Waals surface area contributed by atoms with Gasteiger partial charge in [0.25, 0.3) is 0 Å². The van der Waals surface area contributed by atoms with Crippen LogP contribution in [-0.2, 0) is 14.2 Å². The molecule has 2 unspecified atom stereocenters. The molecule has 7 heteroatoms. The normalized spacial score (nSPS) is 20.7. The van der Waals surface area contributed by atoms with Crippen LogP contribution in [0.25, 0.3) is 6.08 Å². The fourth-order valence-corrected chi connectivity index (χ4v) is 2.30. The van der Waals surface area contributed by atoms with E-state index in [1.165, 1.54) is 4.57 Å². The van der Waals surface area contributed by atoms with Gasteiger partial charge in [-0.2, -0.15) is 4.98 Å². The summed E-state index contributed by atoms with van der Waals surface area (Å²) in [5.74, 6) is 0.181. The fourth-order valence-electron chi connectivity index (χ4n) is 2.30. The van der Waals surface area contributed by atoms with Crippen molar-refractivity contribution in [1.82, 2.24) is 9.55 Å². The minimum Gasteiger partial charge on any atom is -0.383 e. The largest absolute Gasteiger partial charge is 0.383 e. The average molecular weight is 329 g/mol. The molecule has 1 fully saturated rings. The zero-order valence-corrected chi connectivity index (χ0v) is 13.1. The van der Waals surface area contributed by atoms with E-state index in [-0.39, 0.29) is 19.0 Å². The van der Waals surface area contributed by atoms with E-state index in [2.05, 4.69) is 4.98 Å². The molecule has 2 N–H and O–H groups in total. The van der Waals surface area contributed by atoms with Gasteiger partial charge >= 0.3 is 5.69 Å². The highest BCUT2D eigenvalue weighted by Gasteiger charge is 2.28. The number of anilines is 1. The summed E-state index contributed by atoms with van der Waals surface area (Å²) in [6, 6.07) is 11.5. The fraction of sp³-hybridized carbons (Fsp3) is 0.294. The van der Waals surface area contributed by atoms with E-state index in [1.54, 1.807) is 12.3 Å². The summed E-state index contributed by atoms with van der Waals surface area (Å²) in [5, 5.41) is 0. The summed E-state index contributed by atoms with van der Waals surface area (Å²) in [6.07, 6.45) is 4.43. The third kappa shape index (κ3) is 4.29. The Kier molecular flexibility index (Phi) is 5.37. The Morgan fingerprint density at radius 1 is 1.33 bits per heavy atom. The summed E-state index contributed by atoms with van der Waals surface area (Å²) in [6.45, 7) is 0.998. The smallest absolute Gasteiger partial charge is 0.351 e. The molecule has 2 heterocycles. The molecule has 1 aromatic carbocycles. The molecule has 1 aliphatic rings. The van der Waals surface area contributed by atoms with Crippen molar-refractivity contribution >= 4 is 11.9 Å². The lowest BCUT2D eigenvalue weighted by Gasteiger charge is -2.13.